The number of hydrogen-bond donors (Lipinski definition) is 1. The van der Waals surface area contributed by atoms with Gasteiger partial charge in [-0.2, -0.15) is 0 Å². The van der Waals surface area contributed by atoms with Crippen molar-refractivity contribution >= 4 is 5.97 Å². The minimum Gasteiger partial charge on any atom is -0.481 e. The van der Waals surface area contributed by atoms with Crippen molar-refractivity contribution in [3.8, 4) is 0 Å². The van der Waals surface area contributed by atoms with Crippen LogP contribution in [-0.4, -0.2) is 72.9 Å². The maximum atomic E-state index is 11.4. The lowest BCUT2D eigenvalue weighted by Gasteiger charge is -2.41. The van der Waals surface area contributed by atoms with Crippen LogP contribution >= 0.6 is 0 Å². The van der Waals surface area contributed by atoms with Crippen molar-refractivity contribution in [3.63, 3.8) is 0 Å². The van der Waals surface area contributed by atoms with Gasteiger partial charge in [-0.15, -0.1) is 0 Å². The van der Waals surface area contributed by atoms with Crippen molar-refractivity contribution in [2.24, 2.45) is 5.92 Å². The van der Waals surface area contributed by atoms with E-state index in [1.807, 2.05) is 0 Å². The number of piperidine rings is 1. The highest BCUT2D eigenvalue weighted by atomic mass is 16.5. The molecule has 0 aromatic rings. The highest BCUT2D eigenvalue weighted by Gasteiger charge is 2.40. The molecule has 0 aromatic carbocycles. The van der Waals surface area contributed by atoms with Gasteiger partial charge in [-0.25, -0.2) is 0 Å². The molecule has 2 saturated heterocycles. The number of carboxylic acids is 1. The molecule has 110 valence electrons. The largest absolute Gasteiger partial charge is 0.481 e. The summed E-state index contributed by atoms with van der Waals surface area (Å²) in [5, 5.41) is 9.33. The Labute approximate surface area is 115 Å². The Balaban J connectivity index is 2.07. The van der Waals surface area contributed by atoms with E-state index in [2.05, 4.69) is 23.8 Å². The monoisotopic (exact) mass is 270 g/mol. The van der Waals surface area contributed by atoms with Crippen molar-refractivity contribution in [2.75, 3.05) is 39.9 Å². The zero-order chi connectivity index (χ0) is 13.8. The topological polar surface area (TPSA) is 53.0 Å². The van der Waals surface area contributed by atoms with Crippen LogP contribution < -0.4 is 0 Å². The molecule has 0 bridgehead atoms. The highest BCUT2D eigenvalue weighted by Crippen LogP contribution is 2.26. The number of carboxylic acid groups (broad SMARTS) is 1. The van der Waals surface area contributed by atoms with Crippen LogP contribution in [0.3, 0.4) is 0 Å². The lowest BCUT2D eigenvalue weighted by Crippen LogP contribution is -2.54. The third-order valence-electron chi connectivity index (χ3n) is 4.34. The minimum atomic E-state index is -0.715. The number of nitrogens with zero attached hydrogens (tertiary/aromatic N) is 2. The standard InChI is InChI=1S/C14H26N2O3/c1-3-6-16(11-5-4-7-15(2)8-11)13-10-19-9-12(13)14(17)18/h11-13H,3-10H2,1-2H3,(H,17,18). The molecule has 2 rings (SSSR count). The summed E-state index contributed by atoms with van der Waals surface area (Å²) in [5.41, 5.74) is 0. The van der Waals surface area contributed by atoms with Crippen LogP contribution in [0.15, 0.2) is 0 Å². The molecule has 0 amide bonds. The van der Waals surface area contributed by atoms with Gasteiger partial charge >= 0.3 is 5.97 Å². The van der Waals surface area contributed by atoms with E-state index in [4.69, 9.17) is 4.74 Å². The molecule has 0 radical (unpaired) electrons. The van der Waals surface area contributed by atoms with Crippen molar-refractivity contribution in [2.45, 2.75) is 38.3 Å². The van der Waals surface area contributed by atoms with E-state index in [0.29, 0.717) is 19.3 Å². The highest BCUT2D eigenvalue weighted by molar-refractivity contribution is 5.71. The molecule has 2 aliphatic heterocycles. The zero-order valence-corrected chi connectivity index (χ0v) is 12.0. The zero-order valence-electron chi connectivity index (χ0n) is 12.0. The van der Waals surface area contributed by atoms with Crippen LogP contribution in [0.25, 0.3) is 0 Å². The number of likely N-dealkylation sites (N-methyl/N-ethyl adjacent to an activating group) is 1. The van der Waals surface area contributed by atoms with Crippen molar-refractivity contribution in [3.05, 3.63) is 0 Å². The second-order valence-electron chi connectivity index (χ2n) is 5.85. The average Bonchev–Trinajstić information content (AvgIpc) is 2.85. The summed E-state index contributed by atoms with van der Waals surface area (Å²) in [7, 11) is 2.15. The summed E-state index contributed by atoms with van der Waals surface area (Å²) >= 11 is 0. The van der Waals surface area contributed by atoms with Gasteiger partial charge in [0.05, 0.1) is 19.1 Å². The Morgan fingerprint density at radius 3 is 2.89 bits per heavy atom. The molecule has 0 spiro atoms. The first kappa shape index (κ1) is 14.8. The Kier molecular flexibility index (Phi) is 5.19. The fourth-order valence-electron chi connectivity index (χ4n) is 3.39. The summed E-state index contributed by atoms with van der Waals surface area (Å²) < 4.78 is 5.44. The van der Waals surface area contributed by atoms with Gasteiger partial charge in [0.15, 0.2) is 0 Å². The number of carbonyl (C=O) groups is 1. The predicted octanol–water partition coefficient (Wildman–Crippen LogP) is 0.892. The van der Waals surface area contributed by atoms with Crippen molar-refractivity contribution < 1.29 is 14.6 Å². The van der Waals surface area contributed by atoms with Gasteiger partial charge in [0.1, 0.15) is 0 Å². The molecule has 1 N–H and O–H groups in total. The van der Waals surface area contributed by atoms with E-state index in [0.717, 1.165) is 26.1 Å². The van der Waals surface area contributed by atoms with Gasteiger partial charge in [-0.3, -0.25) is 9.69 Å². The summed E-state index contributed by atoms with van der Waals surface area (Å²) in [6.45, 7) is 6.25. The quantitative estimate of drug-likeness (QED) is 0.804. The van der Waals surface area contributed by atoms with Gasteiger partial charge in [0.25, 0.3) is 0 Å². The van der Waals surface area contributed by atoms with Gasteiger partial charge in [-0.05, 0) is 39.4 Å². The van der Waals surface area contributed by atoms with Crippen LogP contribution in [0.1, 0.15) is 26.2 Å². The molecule has 0 aromatic heterocycles. The van der Waals surface area contributed by atoms with Gasteiger partial charge < -0.3 is 14.7 Å². The van der Waals surface area contributed by atoms with Crippen LogP contribution in [-0.2, 0) is 9.53 Å². The summed E-state index contributed by atoms with van der Waals surface area (Å²) in [6.07, 6.45) is 3.43. The lowest BCUT2D eigenvalue weighted by molar-refractivity contribution is -0.143. The fourth-order valence-corrected chi connectivity index (χ4v) is 3.39. The number of rotatable bonds is 5. The Morgan fingerprint density at radius 1 is 1.47 bits per heavy atom. The molecular formula is C14H26N2O3. The van der Waals surface area contributed by atoms with E-state index < -0.39 is 5.97 Å². The third-order valence-corrected chi connectivity index (χ3v) is 4.34. The van der Waals surface area contributed by atoms with Crippen LogP contribution in [0, 0.1) is 5.92 Å². The molecule has 5 heteroatoms. The molecule has 2 heterocycles. The second-order valence-corrected chi connectivity index (χ2v) is 5.85. The first-order valence-electron chi connectivity index (χ1n) is 7.38. The average molecular weight is 270 g/mol. The van der Waals surface area contributed by atoms with Crippen molar-refractivity contribution in [1.29, 1.82) is 0 Å². The summed E-state index contributed by atoms with van der Waals surface area (Å²) in [5.74, 6) is -1.08. The Morgan fingerprint density at radius 2 is 2.26 bits per heavy atom. The molecule has 0 saturated carbocycles. The van der Waals surface area contributed by atoms with E-state index in [9.17, 15) is 9.90 Å². The number of hydrogen-bond acceptors (Lipinski definition) is 4. The van der Waals surface area contributed by atoms with Crippen LogP contribution in [0.2, 0.25) is 0 Å². The predicted molar refractivity (Wildman–Crippen MR) is 73.2 cm³/mol. The molecule has 0 aliphatic carbocycles. The third kappa shape index (κ3) is 3.46. The lowest BCUT2D eigenvalue weighted by atomic mass is 9.96. The van der Waals surface area contributed by atoms with E-state index in [-0.39, 0.29) is 12.0 Å². The number of likely N-dealkylation sites (tertiary alicyclic amines) is 1. The Hall–Kier alpha value is -0.650. The molecule has 3 atom stereocenters. The van der Waals surface area contributed by atoms with Crippen molar-refractivity contribution in [1.82, 2.24) is 9.80 Å². The van der Waals surface area contributed by atoms with E-state index in [1.165, 1.54) is 12.8 Å². The number of aliphatic carboxylic acids is 1. The maximum absolute atomic E-state index is 11.4. The van der Waals surface area contributed by atoms with Crippen LogP contribution in [0.4, 0.5) is 0 Å². The molecular weight excluding hydrogens is 244 g/mol. The summed E-state index contributed by atoms with van der Waals surface area (Å²) in [6, 6.07) is 0.529. The second kappa shape index (κ2) is 6.68. The molecule has 2 aliphatic rings. The van der Waals surface area contributed by atoms with E-state index >= 15 is 0 Å². The SMILES string of the molecule is CCCN(C1CCCN(C)C1)C1COCC1C(=O)O. The van der Waals surface area contributed by atoms with Gasteiger partial charge in [-0.1, -0.05) is 6.92 Å². The number of ether oxygens (including phenoxy) is 1. The van der Waals surface area contributed by atoms with Crippen LogP contribution in [0.5, 0.6) is 0 Å². The molecule has 2 fully saturated rings. The van der Waals surface area contributed by atoms with Gasteiger partial charge in [0, 0.05) is 18.6 Å². The smallest absolute Gasteiger partial charge is 0.310 e. The first-order valence-corrected chi connectivity index (χ1v) is 7.38. The molecule has 5 nitrogen and oxygen atoms in total. The summed E-state index contributed by atoms with van der Waals surface area (Å²) in [4.78, 5) is 16.1. The molecule has 19 heavy (non-hydrogen) atoms. The minimum absolute atomic E-state index is 0.0500. The maximum Gasteiger partial charge on any atom is 0.310 e. The first-order chi connectivity index (χ1) is 9.13. The van der Waals surface area contributed by atoms with Gasteiger partial charge in [0.2, 0.25) is 0 Å². The normalized spacial score (nSPS) is 32.9. The Bertz CT molecular complexity index is 311. The molecule has 3 unspecified atom stereocenters. The van der Waals surface area contributed by atoms with E-state index in [1.54, 1.807) is 0 Å². The fraction of sp³-hybridized carbons (Fsp3) is 0.929.